The molecule has 0 aromatic heterocycles. The summed E-state index contributed by atoms with van der Waals surface area (Å²) < 4.78 is 0. The Balaban J connectivity index is 1.94. The molecule has 17 heavy (non-hydrogen) atoms. The van der Waals surface area contributed by atoms with Gasteiger partial charge in [0.2, 0.25) is 0 Å². The number of hydrogen-bond acceptors (Lipinski definition) is 3. The Kier molecular flexibility index (Phi) is 3.29. The molecule has 1 aromatic carbocycles. The fourth-order valence-electron chi connectivity index (χ4n) is 1.94. The van der Waals surface area contributed by atoms with Gasteiger partial charge in [-0.2, -0.15) is 5.26 Å². The third-order valence-electron chi connectivity index (χ3n) is 2.98. The van der Waals surface area contributed by atoms with Crippen molar-refractivity contribution in [1.82, 2.24) is 10.2 Å². The van der Waals surface area contributed by atoms with E-state index >= 15 is 0 Å². The van der Waals surface area contributed by atoms with Crippen LogP contribution in [0.1, 0.15) is 22.3 Å². The van der Waals surface area contributed by atoms with Crippen molar-refractivity contribution < 1.29 is 4.79 Å². The highest BCUT2D eigenvalue weighted by Gasteiger charge is 2.23. The summed E-state index contributed by atoms with van der Waals surface area (Å²) in [4.78, 5) is 13.6. The average molecular weight is 229 g/mol. The lowest BCUT2D eigenvalue weighted by Gasteiger charge is -2.12. The molecule has 0 aliphatic carbocycles. The molecule has 4 nitrogen and oxygen atoms in total. The van der Waals surface area contributed by atoms with E-state index in [-0.39, 0.29) is 11.9 Å². The highest BCUT2D eigenvalue weighted by molar-refractivity contribution is 5.94. The summed E-state index contributed by atoms with van der Waals surface area (Å²) in [5.41, 5.74) is 1.81. The molecular formula is C13H15N3O. The summed E-state index contributed by atoms with van der Waals surface area (Å²) in [6.45, 7) is 3.34. The zero-order chi connectivity index (χ0) is 12.3. The first-order chi connectivity index (χ1) is 8.19. The van der Waals surface area contributed by atoms with Crippen molar-refractivity contribution in [3.05, 3.63) is 35.4 Å². The minimum Gasteiger partial charge on any atom is -0.347 e. The predicted molar refractivity (Wildman–Crippen MR) is 64.2 cm³/mol. The Labute approximate surface area is 101 Å². The highest BCUT2D eigenvalue weighted by Crippen LogP contribution is 2.09. The molecule has 1 aliphatic rings. The van der Waals surface area contributed by atoms with Crippen LogP contribution in [-0.2, 0) is 0 Å². The average Bonchev–Trinajstić information content (AvgIpc) is 2.77. The van der Waals surface area contributed by atoms with Gasteiger partial charge in [-0.05, 0) is 25.5 Å². The van der Waals surface area contributed by atoms with Crippen molar-refractivity contribution in [3.63, 3.8) is 0 Å². The third kappa shape index (κ3) is 2.76. The second kappa shape index (κ2) is 4.88. The van der Waals surface area contributed by atoms with E-state index in [4.69, 9.17) is 5.26 Å². The Morgan fingerprint density at radius 2 is 2.18 bits per heavy atom. The number of carbonyl (C=O) groups excluding carboxylic acids is 1. The van der Waals surface area contributed by atoms with Gasteiger partial charge in [0.25, 0.3) is 5.91 Å². The molecule has 1 heterocycles. The molecule has 2 rings (SSSR count). The molecule has 0 saturated carbocycles. The summed E-state index contributed by atoms with van der Waals surface area (Å²) >= 11 is 0. The van der Waals surface area contributed by atoms with Gasteiger partial charge in [-0.1, -0.05) is 17.7 Å². The number of likely N-dealkylation sites (tertiary alicyclic amines) is 1. The molecule has 0 radical (unpaired) electrons. The predicted octanol–water partition coefficient (Wildman–Crippen LogP) is 1.28. The fourth-order valence-corrected chi connectivity index (χ4v) is 1.94. The van der Waals surface area contributed by atoms with Crippen LogP contribution in [0.15, 0.2) is 24.3 Å². The first-order valence-electron chi connectivity index (χ1n) is 5.71. The van der Waals surface area contributed by atoms with Gasteiger partial charge < -0.3 is 10.2 Å². The molecule has 1 fully saturated rings. The van der Waals surface area contributed by atoms with E-state index in [0.717, 1.165) is 18.5 Å². The number of benzene rings is 1. The van der Waals surface area contributed by atoms with Crippen molar-refractivity contribution in [2.45, 2.75) is 19.4 Å². The molecule has 1 amide bonds. The molecular weight excluding hydrogens is 214 g/mol. The van der Waals surface area contributed by atoms with E-state index in [2.05, 4.69) is 11.5 Å². The number of carbonyl (C=O) groups is 1. The summed E-state index contributed by atoms with van der Waals surface area (Å²) in [6, 6.07) is 7.57. The Morgan fingerprint density at radius 1 is 1.47 bits per heavy atom. The first kappa shape index (κ1) is 11.5. The van der Waals surface area contributed by atoms with Crippen LogP contribution in [0, 0.1) is 18.4 Å². The lowest BCUT2D eigenvalue weighted by atomic mass is 10.1. The number of rotatable bonds is 2. The normalized spacial score (nSPS) is 18.8. The molecule has 1 aromatic rings. The number of amides is 1. The maximum Gasteiger partial charge on any atom is 0.251 e. The molecule has 0 unspecified atom stereocenters. The molecule has 4 heteroatoms. The van der Waals surface area contributed by atoms with Gasteiger partial charge in [0.15, 0.2) is 6.19 Å². The first-order valence-corrected chi connectivity index (χ1v) is 5.71. The fraction of sp³-hybridized carbons (Fsp3) is 0.385. The number of nitriles is 1. The lowest BCUT2D eigenvalue weighted by molar-refractivity contribution is 0.0939. The van der Waals surface area contributed by atoms with Crippen LogP contribution in [0.3, 0.4) is 0 Å². The van der Waals surface area contributed by atoms with E-state index in [9.17, 15) is 4.79 Å². The van der Waals surface area contributed by atoms with Gasteiger partial charge >= 0.3 is 0 Å². The summed E-state index contributed by atoms with van der Waals surface area (Å²) in [6.07, 6.45) is 2.93. The summed E-state index contributed by atoms with van der Waals surface area (Å²) in [7, 11) is 0. The maximum absolute atomic E-state index is 11.9. The van der Waals surface area contributed by atoms with Crippen molar-refractivity contribution >= 4 is 5.91 Å². The van der Waals surface area contributed by atoms with Crippen LogP contribution in [0.4, 0.5) is 0 Å². The van der Waals surface area contributed by atoms with E-state index in [0.29, 0.717) is 12.1 Å². The zero-order valence-electron chi connectivity index (χ0n) is 9.81. The number of hydrogen-bond donors (Lipinski definition) is 1. The van der Waals surface area contributed by atoms with Crippen molar-refractivity contribution in [2.75, 3.05) is 13.1 Å². The van der Waals surface area contributed by atoms with Crippen molar-refractivity contribution in [1.29, 1.82) is 5.26 Å². The Hall–Kier alpha value is -2.02. The van der Waals surface area contributed by atoms with Crippen LogP contribution in [0.25, 0.3) is 0 Å². The van der Waals surface area contributed by atoms with Gasteiger partial charge in [-0.3, -0.25) is 4.79 Å². The van der Waals surface area contributed by atoms with Crippen LogP contribution in [0.5, 0.6) is 0 Å². The monoisotopic (exact) mass is 229 g/mol. The summed E-state index contributed by atoms with van der Waals surface area (Å²) in [5, 5.41) is 11.7. The number of nitrogens with zero attached hydrogens (tertiary/aromatic N) is 2. The Bertz CT molecular complexity index is 447. The molecule has 1 atom stereocenters. The summed E-state index contributed by atoms with van der Waals surface area (Å²) in [5.74, 6) is -0.0604. The van der Waals surface area contributed by atoms with Gasteiger partial charge in [0.1, 0.15) is 0 Å². The maximum atomic E-state index is 11.9. The molecule has 0 spiro atoms. The quantitative estimate of drug-likeness (QED) is 0.777. The van der Waals surface area contributed by atoms with E-state index in [1.807, 2.05) is 31.2 Å². The number of aryl methyl sites for hydroxylation is 1. The molecule has 1 aliphatic heterocycles. The largest absolute Gasteiger partial charge is 0.347 e. The zero-order valence-corrected chi connectivity index (χ0v) is 9.81. The van der Waals surface area contributed by atoms with Crippen LogP contribution in [0.2, 0.25) is 0 Å². The van der Waals surface area contributed by atoms with Crippen molar-refractivity contribution in [3.8, 4) is 6.19 Å². The van der Waals surface area contributed by atoms with Crippen molar-refractivity contribution in [2.24, 2.45) is 0 Å². The molecule has 1 N–H and O–H groups in total. The standard InChI is InChI=1S/C13H15N3O/c1-10-2-4-11(5-3-10)13(17)15-12-6-7-16(8-12)9-14/h2-5,12H,6-8H2,1H3,(H,15,17)/t12-/m1/s1. The van der Waals surface area contributed by atoms with Crippen LogP contribution < -0.4 is 5.32 Å². The second-order valence-electron chi connectivity index (χ2n) is 4.37. The molecule has 0 bridgehead atoms. The SMILES string of the molecule is Cc1ccc(C(=O)N[C@@H]2CCN(C#N)C2)cc1. The van der Waals surface area contributed by atoms with E-state index in [1.54, 1.807) is 4.90 Å². The lowest BCUT2D eigenvalue weighted by Crippen LogP contribution is -2.36. The number of nitrogens with one attached hydrogen (secondary N) is 1. The molecule has 88 valence electrons. The van der Waals surface area contributed by atoms with E-state index in [1.165, 1.54) is 0 Å². The van der Waals surface area contributed by atoms with Gasteiger partial charge in [-0.25, -0.2) is 0 Å². The Morgan fingerprint density at radius 3 is 2.76 bits per heavy atom. The smallest absolute Gasteiger partial charge is 0.251 e. The minimum atomic E-state index is -0.0604. The van der Waals surface area contributed by atoms with Crippen LogP contribution in [-0.4, -0.2) is 29.9 Å². The van der Waals surface area contributed by atoms with Gasteiger partial charge in [-0.15, -0.1) is 0 Å². The third-order valence-corrected chi connectivity index (χ3v) is 2.98. The minimum absolute atomic E-state index is 0.0604. The molecule has 1 saturated heterocycles. The topological polar surface area (TPSA) is 56.1 Å². The van der Waals surface area contributed by atoms with Gasteiger partial charge in [0.05, 0.1) is 0 Å². The highest BCUT2D eigenvalue weighted by atomic mass is 16.1. The second-order valence-corrected chi connectivity index (χ2v) is 4.37. The van der Waals surface area contributed by atoms with Gasteiger partial charge in [0, 0.05) is 24.7 Å². The van der Waals surface area contributed by atoms with E-state index < -0.39 is 0 Å². The van der Waals surface area contributed by atoms with Crippen LogP contribution >= 0.6 is 0 Å².